The van der Waals surface area contributed by atoms with Crippen LogP contribution < -0.4 is 5.32 Å². The summed E-state index contributed by atoms with van der Waals surface area (Å²) in [7, 11) is 0. The van der Waals surface area contributed by atoms with Crippen LogP contribution in [-0.4, -0.2) is 65.3 Å². The second-order valence-corrected chi connectivity index (χ2v) is 8.87. The van der Waals surface area contributed by atoms with Gasteiger partial charge in [0.15, 0.2) is 0 Å². The van der Waals surface area contributed by atoms with Crippen molar-refractivity contribution in [3.8, 4) is 0 Å². The molecule has 3 aromatic heterocycles. The molecule has 0 aliphatic carbocycles. The Kier molecular flexibility index (Phi) is 5.68. The standard InChI is InChI=1S/C22H28N8O4/c1-4-29-18(5-7-24-29)21(32)23-10-17-19-11-33-22(13-30(19)27-25-17)6-8-28(12-22)20(31)9-16-14(2)26-34-15(16)3/h5,7H,4,6,8-13H2,1-3H3,(H,23,32). The number of hydrogen-bond acceptors (Lipinski definition) is 8. The van der Waals surface area contributed by atoms with Crippen molar-refractivity contribution in [1.29, 1.82) is 0 Å². The van der Waals surface area contributed by atoms with Crippen LogP contribution in [0.1, 0.15) is 52.2 Å². The van der Waals surface area contributed by atoms with Gasteiger partial charge in [-0.05, 0) is 33.3 Å². The highest BCUT2D eigenvalue weighted by Crippen LogP contribution is 2.33. The SMILES string of the molecule is CCn1nccc1C(=O)NCc1nnn2c1COC1(CCN(C(=O)Cc3c(C)noc3C)C1)C2. The number of nitrogens with one attached hydrogen (secondary N) is 1. The van der Waals surface area contributed by atoms with E-state index in [4.69, 9.17) is 9.26 Å². The lowest BCUT2D eigenvalue weighted by atomic mass is 10.0. The van der Waals surface area contributed by atoms with E-state index in [-0.39, 0.29) is 24.8 Å². The zero-order valence-electron chi connectivity index (χ0n) is 19.6. The molecule has 1 unspecified atom stereocenters. The molecule has 2 aliphatic heterocycles. The van der Waals surface area contributed by atoms with E-state index in [0.29, 0.717) is 49.9 Å². The molecule has 1 N–H and O–H groups in total. The zero-order chi connectivity index (χ0) is 23.9. The molecule has 2 amide bonds. The number of aryl methyl sites for hydroxylation is 3. The van der Waals surface area contributed by atoms with Crippen molar-refractivity contribution in [3.63, 3.8) is 0 Å². The molecule has 12 heteroatoms. The first-order valence-corrected chi connectivity index (χ1v) is 11.4. The molecule has 0 saturated carbocycles. The third-order valence-electron chi connectivity index (χ3n) is 6.71. The van der Waals surface area contributed by atoms with Crippen LogP contribution in [-0.2, 0) is 42.2 Å². The average Bonchev–Trinajstić information content (AvgIpc) is 3.61. The van der Waals surface area contributed by atoms with Gasteiger partial charge < -0.3 is 19.5 Å². The molecule has 1 saturated heterocycles. The van der Waals surface area contributed by atoms with Gasteiger partial charge in [0.05, 0.1) is 44.0 Å². The third-order valence-corrected chi connectivity index (χ3v) is 6.71. The van der Waals surface area contributed by atoms with Gasteiger partial charge in [0.2, 0.25) is 5.91 Å². The molecular weight excluding hydrogens is 440 g/mol. The van der Waals surface area contributed by atoms with Crippen molar-refractivity contribution in [2.45, 2.75) is 65.5 Å². The van der Waals surface area contributed by atoms with Crippen molar-refractivity contribution in [2.24, 2.45) is 0 Å². The van der Waals surface area contributed by atoms with Gasteiger partial charge in [-0.25, -0.2) is 4.68 Å². The van der Waals surface area contributed by atoms with Crippen LogP contribution in [0.2, 0.25) is 0 Å². The Balaban J connectivity index is 1.21. The van der Waals surface area contributed by atoms with Crippen LogP contribution in [0.4, 0.5) is 0 Å². The van der Waals surface area contributed by atoms with Crippen LogP contribution in [0, 0.1) is 13.8 Å². The minimum atomic E-state index is -0.483. The van der Waals surface area contributed by atoms with E-state index in [9.17, 15) is 9.59 Å². The monoisotopic (exact) mass is 468 g/mol. The van der Waals surface area contributed by atoms with Gasteiger partial charge in [0, 0.05) is 24.8 Å². The molecule has 0 bridgehead atoms. The smallest absolute Gasteiger partial charge is 0.269 e. The second kappa shape index (κ2) is 8.67. The molecule has 180 valence electrons. The molecule has 1 fully saturated rings. The topological polar surface area (TPSA) is 133 Å². The summed E-state index contributed by atoms with van der Waals surface area (Å²) in [5, 5.41) is 19.5. The van der Waals surface area contributed by atoms with E-state index in [0.717, 1.165) is 23.4 Å². The second-order valence-electron chi connectivity index (χ2n) is 8.87. The zero-order valence-corrected chi connectivity index (χ0v) is 19.6. The summed E-state index contributed by atoms with van der Waals surface area (Å²) in [6, 6.07) is 1.69. The number of nitrogens with zero attached hydrogens (tertiary/aromatic N) is 7. The van der Waals surface area contributed by atoms with Crippen molar-refractivity contribution in [2.75, 3.05) is 13.1 Å². The lowest BCUT2D eigenvalue weighted by Gasteiger charge is -2.34. The molecule has 3 aromatic rings. The molecular formula is C22H28N8O4. The lowest BCUT2D eigenvalue weighted by molar-refractivity contribution is -0.132. The molecule has 2 aliphatic rings. The predicted octanol–water partition coefficient (Wildman–Crippen LogP) is 0.773. The number of ether oxygens (including phenoxy) is 1. The maximum atomic E-state index is 12.9. The van der Waals surface area contributed by atoms with Crippen molar-refractivity contribution >= 4 is 11.8 Å². The Morgan fingerprint density at radius 2 is 2.12 bits per heavy atom. The van der Waals surface area contributed by atoms with Crippen molar-refractivity contribution in [3.05, 3.63) is 46.4 Å². The number of carbonyl (C=O) groups is 2. The number of rotatable bonds is 6. The Hall–Kier alpha value is -3.54. The average molecular weight is 469 g/mol. The number of fused-ring (bicyclic) bond motifs is 1. The summed E-state index contributed by atoms with van der Waals surface area (Å²) in [5.74, 6) is 0.506. The Morgan fingerprint density at radius 1 is 1.26 bits per heavy atom. The van der Waals surface area contributed by atoms with Crippen LogP contribution in [0.3, 0.4) is 0 Å². The first-order chi connectivity index (χ1) is 16.4. The summed E-state index contributed by atoms with van der Waals surface area (Å²) in [6.45, 7) is 8.44. The highest BCUT2D eigenvalue weighted by atomic mass is 16.5. The van der Waals surface area contributed by atoms with Gasteiger partial charge >= 0.3 is 0 Å². The van der Waals surface area contributed by atoms with Gasteiger partial charge in [-0.1, -0.05) is 10.4 Å². The highest BCUT2D eigenvalue weighted by Gasteiger charge is 2.44. The highest BCUT2D eigenvalue weighted by molar-refractivity contribution is 5.92. The number of aromatic nitrogens is 6. The number of amides is 2. The fourth-order valence-electron chi connectivity index (χ4n) is 4.68. The fraction of sp³-hybridized carbons (Fsp3) is 0.545. The molecule has 5 heterocycles. The number of likely N-dealkylation sites (tertiary alicyclic amines) is 1. The summed E-state index contributed by atoms with van der Waals surface area (Å²) < 4.78 is 14.9. The predicted molar refractivity (Wildman–Crippen MR) is 117 cm³/mol. The first kappa shape index (κ1) is 22.3. The first-order valence-electron chi connectivity index (χ1n) is 11.4. The van der Waals surface area contributed by atoms with Crippen LogP contribution in [0.5, 0.6) is 0 Å². The van der Waals surface area contributed by atoms with E-state index < -0.39 is 5.60 Å². The minimum absolute atomic E-state index is 0.0361. The Labute approximate surface area is 196 Å². The van der Waals surface area contributed by atoms with E-state index in [2.05, 4.69) is 25.9 Å². The van der Waals surface area contributed by atoms with Crippen molar-refractivity contribution in [1.82, 2.24) is 40.1 Å². The molecule has 12 nitrogen and oxygen atoms in total. The molecule has 1 atom stereocenters. The van der Waals surface area contributed by atoms with Crippen LogP contribution >= 0.6 is 0 Å². The van der Waals surface area contributed by atoms with Gasteiger partial charge in [-0.15, -0.1) is 5.10 Å². The van der Waals surface area contributed by atoms with Crippen LogP contribution in [0.15, 0.2) is 16.8 Å². The largest absolute Gasteiger partial charge is 0.365 e. The normalized spacial score (nSPS) is 19.6. The maximum absolute atomic E-state index is 12.9. The minimum Gasteiger partial charge on any atom is -0.365 e. The van der Waals surface area contributed by atoms with Crippen LogP contribution in [0.25, 0.3) is 0 Å². The van der Waals surface area contributed by atoms with E-state index in [1.165, 1.54) is 0 Å². The van der Waals surface area contributed by atoms with E-state index in [1.807, 2.05) is 30.4 Å². The summed E-state index contributed by atoms with van der Waals surface area (Å²) in [6.07, 6.45) is 2.61. The summed E-state index contributed by atoms with van der Waals surface area (Å²) >= 11 is 0. The van der Waals surface area contributed by atoms with E-state index >= 15 is 0 Å². The van der Waals surface area contributed by atoms with Crippen molar-refractivity contribution < 1.29 is 18.8 Å². The Bertz CT molecular complexity index is 1210. The lowest BCUT2D eigenvalue weighted by Crippen LogP contribution is -2.45. The van der Waals surface area contributed by atoms with Gasteiger partial charge in [0.25, 0.3) is 5.91 Å². The maximum Gasteiger partial charge on any atom is 0.269 e. The molecule has 1 spiro atoms. The fourth-order valence-corrected chi connectivity index (χ4v) is 4.68. The quantitative estimate of drug-likeness (QED) is 0.561. The van der Waals surface area contributed by atoms with Gasteiger partial charge in [-0.3, -0.25) is 14.3 Å². The summed E-state index contributed by atoms with van der Waals surface area (Å²) in [5.41, 5.74) is 3.14. The molecule has 0 radical (unpaired) electrons. The molecule has 5 rings (SSSR count). The third kappa shape index (κ3) is 3.98. The summed E-state index contributed by atoms with van der Waals surface area (Å²) in [4.78, 5) is 27.2. The van der Waals surface area contributed by atoms with E-state index in [1.54, 1.807) is 16.9 Å². The number of carbonyl (C=O) groups excluding carboxylic acids is 2. The number of hydrogen-bond donors (Lipinski definition) is 1. The van der Waals surface area contributed by atoms with Gasteiger partial charge in [-0.2, -0.15) is 5.10 Å². The molecule has 0 aromatic carbocycles. The van der Waals surface area contributed by atoms with Gasteiger partial charge in [0.1, 0.15) is 22.7 Å². The molecule has 34 heavy (non-hydrogen) atoms. The Morgan fingerprint density at radius 3 is 2.88 bits per heavy atom.